The third kappa shape index (κ3) is 2.37. The summed E-state index contributed by atoms with van der Waals surface area (Å²) in [5.74, 6) is 3.15. The first-order chi connectivity index (χ1) is 11.6. The molecule has 2 fully saturated rings. The minimum Gasteiger partial charge on any atom is -0.497 e. The second-order valence-corrected chi connectivity index (χ2v) is 7.41. The number of ether oxygens (including phenoxy) is 2. The van der Waals surface area contributed by atoms with E-state index in [0.717, 1.165) is 61.4 Å². The Morgan fingerprint density at radius 3 is 2.71 bits per heavy atom. The van der Waals surface area contributed by atoms with Gasteiger partial charge in [-0.3, -0.25) is 4.79 Å². The fourth-order valence-corrected chi connectivity index (χ4v) is 4.86. The first kappa shape index (κ1) is 15.8. The van der Waals surface area contributed by atoms with Gasteiger partial charge in [0.2, 0.25) is 5.91 Å². The maximum absolute atomic E-state index is 13.2. The van der Waals surface area contributed by atoms with E-state index in [1.165, 1.54) is 0 Å². The van der Waals surface area contributed by atoms with E-state index in [9.17, 15) is 4.79 Å². The molecule has 2 saturated carbocycles. The Balaban J connectivity index is 1.63. The highest BCUT2D eigenvalue weighted by Gasteiger charge is 2.48. The topological polar surface area (TPSA) is 64.8 Å². The number of benzene rings is 1. The van der Waals surface area contributed by atoms with Crippen LogP contribution in [0.5, 0.6) is 11.5 Å². The van der Waals surface area contributed by atoms with E-state index in [2.05, 4.69) is 0 Å². The molecule has 5 heteroatoms. The molecular formula is C19H26N2O3. The van der Waals surface area contributed by atoms with Crippen molar-refractivity contribution in [2.24, 2.45) is 23.5 Å². The van der Waals surface area contributed by atoms with Crippen molar-refractivity contribution in [2.75, 3.05) is 25.7 Å². The molecule has 0 radical (unpaired) electrons. The average Bonchev–Trinajstić information content (AvgIpc) is 2.96. The van der Waals surface area contributed by atoms with Gasteiger partial charge in [-0.05, 0) is 43.9 Å². The lowest BCUT2D eigenvalue weighted by atomic mass is 9.72. The second-order valence-electron chi connectivity index (χ2n) is 7.41. The quantitative estimate of drug-likeness (QED) is 0.924. The molecule has 2 N–H and O–H groups in total. The number of fused-ring (bicyclic) bond motifs is 2. The summed E-state index contributed by atoms with van der Waals surface area (Å²) in [7, 11) is 3.32. The summed E-state index contributed by atoms with van der Waals surface area (Å²) < 4.78 is 10.9. The molecule has 1 amide bonds. The molecule has 24 heavy (non-hydrogen) atoms. The Bertz CT molecular complexity index is 660. The zero-order valence-electron chi connectivity index (χ0n) is 14.5. The smallest absolute Gasteiger partial charge is 0.230 e. The van der Waals surface area contributed by atoms with Gasteiger partial charge in [0.1, 0.15) is 11.5 Å². The molecule has 2 aliphatic carbocycles. The number of methoxy groups -OCH3 is 2. The summed E-state index contributed by atoms with van der Waals surface area (Å²) >= 11 is 0. The van der Waals surface area contributed by atoms with Gasteiger partial charge in [0.05, 0.1) is 19.9 Å². The van der Waals surface area contributed by atoms with Gasteiger partial charge in [0, 0.05) is 36.2 Å². The van der Waals surface area contributed by atoms with Crippen molar-refractivity contribution >= 4 is 11.6 Å². The zero-order chi connectivity index (χ0) is 16.8. The molecule has 4 atom stereocenters. The minimum atomic E-state index is 0.122. The molecule has 4 rings (SSSR count). The lowest BCUT2D eigenvalue weighted by Gasteiger charge is -2.37. The van der Waals surface area contributed by atoms with Crippen molar-refractivity contribution in [3.05, 3.63) is 17.7 Å². The van der Waals surface area contributed by atoms with Crippen LogP contribution in [0.1, 0.15) is 31.2 Å². The number of hydrogen-bond acceptors (Lipinski definition) is 4. The van der Waals surface area contributed by atoms with Crippen molar-refractivity contribution < 1.29 is 14.3 Å². The van der Waals surface area contributed by atoms with Crippen LogP contribution in [-0.2, 0) is 11.2 Å². The van der Waals surface area contributed by atoms with Gasteiger partial charge in [-0.2, -0.15) is 0 Å². The molecule has 1 aromatic rings. The van der Waals surface area contributed by atoms with Gasteiger partial charge in [-0.15, -0.1) is 0 Å². The van der Waals surface area contributed by atoms with Crippen molar-refractivity contribution in [3.63, 3.8) is 0 Å². The maximum atomic E-state index is 13.2. The molecule has 1 aliphatic heterocycles. The predicted molar refractivity (Wildman–Crippen MR) is 92.5 cm³/mol. The summed E-state index contributed by atoms with van der Waals surface area (Å²) in [4.78, 5) is 15.2. The van der Waals surface area contributed by atoms with Gasteiger partial charge in [-0.25, -0.2) is 0 Å². The van der Waals surface area contributed by atoms with Gasteiger partial charge in [0.15, 0.2) is 0 Å². The molecule has 1 heterocycles. The standard InChI is InChI=1S/C19H26N2O3/c1-23-13-9-17-14(18(10-13)24-2)4-3-5-21(17)19(22)12-6-11-8-16(20)15(11)7-12/h9-12,15-16H,3-8,20H2,1-2H3. The highest BCUT2D eigenvalue weighted by molar-refractivity contribution is 5.97. The van der Waals surface area contributed by atoms with E-state index in [0.29, 0.717) is 17.9 Å². The van der Waals surface area contributed by atoms with E-state index in [1.54, 1.807) is 14.2 Å². The van der Waals surface area contributed by atoms with E-state index < -0.39 is 0 Å². The molecule has 1 aromatic carbocycles. The third-order valence-corrected chi connectivity index (χ3v) is 6.20. The van der Waals surface area contributed by atoms with Crippen molar-refractivity contribution in [3.8, 4) is 11.5 Å². The molecule has 0 bridgehead atoms. The van der Waals surface area contributed by atoms with Crippen LogP contribution < -0.4 is 20.1 Å². The van der Waals surface area contributed by atoms with Crippen molar-refractivity contribution in [1.29, 1.82) is 0 Å². The molecule has 130 valence electrons. The summed E-state index contributed by atoms with van der Waals surface area (Å²) in [6.07, 6.45) is 4.96. The zero-order valence-corrected chi connectivity index (χ0v) is 14.5. The number of amides is 1. The number of carbonyl (C=O) groups excluding carboxylic acids is 1. The second kappa shape index (κ2) is 5.96. The van der Waals surface area contributed by atoms with Gasteiger partial charge in [0.25, 0.3) is 0 Å². The minimum absolute atomic E-state index is 0.122. The molecular weight excluding hydrogens is 304 g/mol. The van der Waals surface area contributed by atoms with Gasteiger partial charge >= 0.3 is 0 Å². The van der Waals surface area contributed by atoms with Crippen LogP contribution >= 0.6 is 0 Å². The van der Waals surface area contributed by atoms with Crippen LogP contribution in [0.2, 0.25) is 0 Å². The lowest BCUT2D eigenvalue weighted by molar-refractivity contribution is -0.122. The van der Waals surface area contributed by atoms with Crippen LogP contribution in [-0.4, -0.2) is 32.7 Å². The third-order valence-electron chi connectivity index (χ3n) is 6.20. The molecule has 0 aromatic heterocycles. The van der Waals surface area contributed by atoms with Crippen molar-refractivity contribution in [1.82, 2.24) is 0 Å². The van der Waals surface area contributed by atoms with Crippen molar-refractivity contribution in [2.45, 2.75) is 38.1 Å². The molecule has 0 spiro atoms. The Morgan fingerprint density at radius 1 is 1.21 bits per heavy atom. The number of anilines is 1. The predicted octanol–water partition coefficient (Wildman–Crippen LogP) is 2.36. The van der Waals surface area contributed by atoms with Gasteiger partial charge in [-0.1, -0.05) is 0 Å². The van der Waals surface area contributed by atoms with Gasteiger partial charge < -0.3 is 20.1 Å². The summed E-state index contributed by atoms with van der Waals surface area (Å²) in [6, 6.07) is 4.19. The van der Waals surface area contributed by atoms with Crippen LogP contribution in [0.4, 0.5) is 5.69 Å². The van der Waals surface area contributed by atoms with Crippen LogP contribution in [0.15, 0.2) is 12.1 Å². The van der Waals surface area contributed by atoms with E-state index in [-0.39, 0.29) is 11.8 Å². The first-order valence-corrected chi connectivity index (χ1v) is 8.94. The fourth-order valence-electron chi connectivity index (χ4n) is 4.86. The van der Waals surface area contributed by atoms with E-state index in [1.807, 2.05) is 17.0 Å². The Morgan fingerprint density at radius 2 is 2.04 bits per heavy atom. The highest BCUT2D eigenvalue weighted by Crippen LogP contribution is 2.50. The van der Waals surface area contributed by atoms with Crippen LogP contribution in [0.3, 0.4) is 0 Å². The van der Waals surface area contributed by atoms with E-state index >= 15 is 0 Å². The lowest BCUT2D eigenvalue weighted by Crippen LogP contribution is -2.44. The van der Waals surface area contributed by atoms with Crippen LogP contribution in [0, 0.1) is 17.8 Å². The number of rotatable bonds is 3. The number of carbonyl (C=O) groups is 1. The largest absolute Gasteiger partial charge is 0.497 e. The molecule has 0 saturated heterocycles. The SMILES string of the molecule is COc1cc(OC)c2c(c1)N(C(=O)C1CC3CC(N)C3C1)CCC2. The molecule has 3 aliphatic rings. The normalized spacial score (nSPS) is 31.0. The fraction of sp³-hybridized carbons (Fsp3) is 0.632. The van der Waals surface area contributed by atoms with E-state index in [4.69, 9.17) is 15.2 Å². The maximum Gasteiger partial charge on any atom is 0.230 e. The Kier molecular flexibility index (Phi) is 3.91. The average molecular weight is 330 g/mol. The van der Waals surface area contributed by atoms with Crippen LogP contribution in [0.25, 0.3) is 0 Å². The Labute approximate surface area is 143 Å². The number of nitrogens with zero attached hydrogens (tertiary/aromatic N) is 1. The highest BCUT2D eigenvalue weighted by atomic mass is 16.5. The summed E-state index contributed by atoms with van der Waals surface area (Å²) in [6.45, 7) is 0.778. The summed E-state index contributed by atoms with van der Waals surface area (Å²) in [5.41, 5.74) is 8.18. The first-order valence-electron chi connectivity index (χ1n) is 8.94. The number of hydrogen-bond donors (Lipinski definition) is 1. The number of nitrogens with two attached hydrogens (primary N) is 1. The monoisotopic (exact) mass is 330 g/mol. The molecule has 5 nitrogen and oxygen atoms in total. The molecule has 4 unspecified atom stereocenters. The summed E-state index contributed by atoms with van der Waals surface area (Å²) in [5, 5.41) is 0. The Hall–Kier alpha value is -1.75.